The molecule has 3 rings (SSSR count). The first-order valence-corrected chi connectivity index (χ1v) is 8.28. The molecule has 5 heteroatoms. The van der Waals surface area contributed by atoms with Crippen LogP contribution in [0.3, 0.4) is 0 Å². The molecule has 0 spiro atoms. The number of nitrogens with zero attached hydrogens (tertiary/aromatic N) is 1. The molecule has 22 heavy (non-hydrogen) atoms. The van der Waals surface area contributed by atoms with E-state index in [1.54, 1.807) is 30.0 Å². The van der Waals surface area contributed by atoms with E-state index in [1.807, 2.05) is 42.7 Å². The van der Waals surface area contributed by atoms with E-state index >= 15 is 0 Å². The summed E-state index contributed by atoms with van der Waals surface area (Å²) in [5, 5.41) is 4.24. The second-order valence-electron chi connectivity index (χ2n) is 4.73. The number of carbonyl (C=O) groups is 1. The van der Waals surface area contributed by atoms with Crippen molar-refractivity contribution in [3.8, 4) is 0 Å². The van der Waals surface area contributed by atoms with Crippen molar-refractivity contribution in [2.45, 2.75) is 4.90 Å². The summed E-state index contributed by atoms with van der Waals surface area (Å²) in [7, 11) is 0. The highest BCUT2D eigenvalue weighted by Crippen LogP contribution is 2.21. The lowest BCUT2D eigenvalue weighted by Gasteiger charge is -2.07. The van der Waals surface area contributed by atoms with Gasteiger partial charge in [-0.3, -0.25) is 4.79 Å². The number of benzene rings is 2. The molecule has 1 amide bonds. The fourth-order valence-corrected chi connectivity index (χ4v) is 2.76. The number of hydrogen-bond donors (Lipinski definition) is 1. The van der Waals surface area contributed by atoms with Gasteiger partial charge in [0.1, 0.15) is 5.15 Å². The Bertz CT molecular complexity index is 851. The van der Waals surface area contributed by atoms with Crippen LogP contribution >= 0.6 is 23.4 Å². The summed E-state index contributed by atoms with van der Waals surface area (Å²) in [4.78, 5) is 17.7. The summed E-state index contributed by atoms with van der Waals surface area (Å²) in [6, 6.07) is 16.7. The van der Waals surface area contributed by atoms with E-state index in [-0.39, 0.29) is 5.91 Å². The molecule has 0 saturated heterocycles. The van der Waals surface area contributed by atoms with Gasteiger partial charge >= 0.3 is 0 Å². The van der Waals surface area contributed by atoms with E-state index < -0.39 is 0 Å². The Balaban J connectivity index is 1.86. The zero-order valence-electron chi connectivity index (χ0n) is 11.8. The Morgan fingerprint density at radius 2 is 2.00 bits per heavy atom. The molecule has 0 radical (unpaired) electrons. The largest absolute Gasteiger partial charge is 0.322 e. The van der Waals surface area contributed by atoms with Gasteiger partial charge in [0, 0.05) is 21.5 Å². The maximum absolute atomic E-state index is 12.4. The van der Waals surface area contributed by atoms with Crippen LogP contribution in [0.25, 0.3) is 10.9 Å². The zero-order valence-corrected chi connectivity index (χ0v) is 13.4. The van der Waals surface area contributed by atoms with Crippen molar-refractivity contribution in [1.29, 1.82) is 0 Å². The van der Waals surface area contributed by atoms with Crippen LogP contribution in [0.4, 0.5) is 5.69 Å². The van der Waals surface area contributed by atoms with Gasteiger partial charge in [0.2, 0.25) is 0 Å². The molecule has 0 atom stereocenters. The lowest BCUT2D eigenvalue weighted by atomic mass is 10.1. The highest BCUT2D eigenvalue weighted by molar-refractivity contribution is 7.98. The number of rotatable bonds is 3. The third-order valence-electron chi connectivity index (χ3n) is 3.25. The summed E-state index contributed by atoms with van der Waals surface area (Å²) in [5.74, 6) is -0.143. The fourth-order valence-electron chi connectivity index (χ4n) is 2.15. The molecule has 1 N–H and O–H groups in total. The van der Waals surface area contributed by atoms with Crippen molar-refractivity contribution < 1.29 is 4.79 Å². The lowest BCUT2D eigenvalue weighted by molar-refractivity contribution is 0.102. The first-order valence-electron chi connectivity index (χ1n) is 6.67. The van der Waals surface area contributed by atoms with Gasteiger partial charge < -0.3 is 5.32 Å². The van der Waals surface area contributed by atoms with Crippen molar-refractivity contribution in [2.75, 3.05) is 11.6 Å². The molecular weight excluding hydrogens is 316 g/mol. The van der Waals surface area contributed by atoms with Crippen molar-refractivity contribution in [2.24, 2.45) is 0 Å². The number of anilines is 1. The molecule has 0 unspecified atom stereocenters. The maximum atomic E-state index is 12.4. The normalized spacial score (nSPS) is 10.6. The van der Waals surface area contributed by atoms with E-state index in [0.29, 0.717) is 10.7 Å². The number of hydrogen-bond acceptors (Lipinski definition) is 3. The van der Waals surface area contributed by atoms with Crippen LogP contribution in [0.5, 0.6) is 0 Å². The van der Waals surface area contributed by atoms with Crippen LogP contribution in [0.15, 0.2) is 59.5 Å². The predicted molar refractivity (Wildman–Crippen MR) is 92.9 cm³/mol. The van der Waals surface area contributed by atoms with Gasteiger partial charge in [-0.1, -0.05) is 17.7 Å². The van der Waals surface area contributed by atoms with E-state index in [4.69, 9.17) is 11.6 Å². The Hall–Kier alpha value is -2.04. The molecule has 0 saturated carbocycles. The molecule has 3 aromatic rings. The Labute approximate surface area is 137 Å². The third kappa shape index (κ3) is 3.24. The minimum atomic E-state index is -0.143. The molecule has 0 bridgehead atoms. The molecule has 1 aromatic heterocycles. The average Bonchev–Trinajstić information content (AvgIpc) is 2.54. The van der Waals surface area contributed by atoms with Crippen molar-refractivity contribution in [3.05, 3.63) is 65.3 Å². The molecule has 1 heterocycles. The van der Waals surface area contributed by atoms with Crippen LogP contribution in [0.1, 0.15) is 10.4 Å². The second kappa shape index (κ2) is 6.38. The molecule has 2 aromatic carbocycles. The highest BCUT2D eigenvalue weighted by Gasteiger charge is 2.08. The van der Waals surface area contributed by atoms with Gasteiger partial charge in [-0.2, -0.15) is 0 Å². The summed E-state index contributed by atoms with van der Waals surface area (Å²) in [5.41, 5.74) is 2.14. The van der Waals surface area contributed by atoms with Crippen LogP contribution in [-0.2, 0) is 0 Å². The van der Waals surface area contributed by atoms with Crippen LogP contribution in [0.2, 0.25) is 5.15 Å². The number of halogens is 1. The van der Waals surface area contributed by atoms with Crippen LogP contribution in [0, 0.1) is 0 Å². The molecule has 0 aliphatic rings. The van der Waals surface area contributed by atoms with Gasteiger partial charge in [0.25, 0.3) is 5.91 Å². The molecular formula is C17H13ClN2OS. The molecule has 3 nitrogen and oxygen atoms in total. The predicted octanol–water partition coefficient (Wildman–Crippen LogP) is 4.86. The Morgan fingerprint density at radius 3 is 2.82 bits per heavy atom. The molecule has 0 aliphatic carbocycles. The van der Waals surface area contributed by atoms with Gasteiger partial charge in [-0.25, -0.2) is 4.98 Å². The maximum Gasteiger partial charge on any atom is 0.255 e. The van der Waals surface area contributed by atoms with Gasteiger partial charge in [-0.05, 0) is 54.8 Å². The van der Waals surface area contributed by atoms with Gasteiger partial charge in [0.15, 0.2) is 0 Å². The van der Waals surface area contributed by atoms with E-state index in [9.17, 15) is 4.79 Å². The number of nitrogens with one attached hydrogen (secondary N) is 1. The average molecular weight is 329 g/mol. The van der Waals surface area contributed by atoms with Crippen molar-refractivity contribution in [1.82, 2.24) is 4.98 Å². The number of pyridine rings is 1. The number of carbonyl (C=O) groups excluding carboxylic acids is 1. The summed E-state index contributed by atoms with van der Waals surface area (Å²) < 4.78 is 0. The summed E-state index contributed by atoms with van der Waals surface area (Å²) in [6.07, 6.45) is 2.00. The highest BCUT2D eigenvalue weighted by atomic mass is 35.5. The van der Waals surface area contributed by atoms with E-state index in [0.717, 1.165) is 21.5 Å². The van der Waals surface area contributed by atoms with Crippen LogP contribution < -0.4 is 5.32 Å². The molecule has 110 valence electrons. The molecule has 0 aliphatic heterocycles. The first-order chi connectivity index (χ1) is 10.7. The lowest BCUT2D eigenvalue weighted by Crippen LogP contribution is -2.11. The minimum absolute atomic E-state index is 0.143. The van der Waals surface area contributed by atoms with Gasteiger partial charge in [0.05, 0.1) is 5.52 Å². The topological polar surface area (TPSA) is 42.0 Å². The van der Waals surface area contributed by atoms with E-state index in [1.165, 1.54) is 0 Å². The van der Waals surface area contributed by atoms with Crippen molar-refractivity contribution in [3.63, 3.8) is 0 Å². The van der Waals surface area contributed by atoms with E-state index in [2.05, 4.69) is 10.3 Å². The van der Waals surface area contributed by atoms with Crippen molar-refractivity contribution >= 4 is 45.9 Å². The SMILES string of the molecule is CSc1cccc(NC(=O)c2ccc3nc(Cl)ccc3c2)c1. The fraction of sp³-hybridized carbons (Fsp3) is 0.0588. The Morgan fingerprint density at radius 1 is 1.14 bits per heavy atom. The number of thioether (sulfide) groups is 1. The smallest absolute Gasteiger partial charge is 0.255 e. The third-order valence-corrected chi connectivity index (χ3v) is 4.18. The first kappa shape index (κ1) is 14.9. The zero-order chi connectivity index (χ0) is 15.5. The molecule has 0 fully saturated rings. The Kier molecular flexibility index (Phi) is 4.32. The summed E-state index contributed by atoms with van der Waals surface area (Å²) in [6.45, 7) is 0. The number of amides is 1. The standard InChI is InChI=1S/C17H13ClN2OS/c1-22-14-4-2-3-13(10-14)19-17(21)12-5-7-15-11(9-12)6-8-16(18)20-15/h2-10H,1H3,(H,19,21). The van der Waals surface area contributed by atoms with Crippen LogP contribution in [-0.4, -0.2) is 17.1 Å². The minimum Gasteiger partial charge on any atom is -0.322 e. The summed E-state index contributed by atoms with van der Waals surface area (Å²) >= 11 is 7.50. The monoisotopic (exact) mass is 328 g/mol. The second-order valence-corrected chi connectivity index (χ2v) is 5.99. The number of fused-ring (bicyclic) bond motifs is 1. The quantitative estimate of drug-likeness (QED) is 0.551. The number of aromatic nitrogens is 1. The van der Waals surface area contributed by atoms with Gasteiger partial charge in [-0.15, -0.1) is 11.8 Å².